The van der Waals surface area contributed by atoms with Gasteiger partial charge >= 0.3 is 22.3 Å². The zero-order valence-corrected chi connectivity index (χ0v) is 17.5. The van der Waals surface area contributed by atoms with Crippen molar-refractivity contribution in [2.75, 3.05) is 25.5 Å². The Hall–Kier alpha value is -3.87. The molecule has 3 N–H and O–H groups in total. The quantitative estimate of drug-likeness (QED) is 0.453. The Morgan fingerprint density at radius 3 is 2.47 bits per heavy atom. The number of ether oxygens (including phenoxy) is 3. The van der Waals surface area contributed by atoms with Gasteiger partial charge in [-0.15, -0.1) is 0 Å². The summed E-state index contributed by atoms with van der Waals surface area (Å²) in [7, 11) is -2.10. The van der Waals surface area contributed by atoms with Crippen molar-refractivity contribution in [2.45, 2.75) is 0 Å². The van der Waals surface area contributed by atoms with E-state index in [1.165, 1.54) is 19.2 Å². The number of rotatable bonds is 7. The fourth-order valence-corrected chi connectivity index (χ4v) is 3.51. The van der Waals surface area contributed by atoms with Crippen molar-refractivity contribution in [2.24, 2.45) is 0 Å². The van der Waals surface area contributed by atoms with Gasteiger partial charge in [-0.3, -0.25) is 4.72 Å². The number of benzene rings is 2. The van der Waals surface area contributed by atoms with Crippen LogP contribution in [0.2, 0.25) is 0 Å². The first-order valence-corrected chi connectivity index (χ1v) is 10.3. The van der Waals surface area contributed by atoms with E-state index in [1.54, 1.807) is 16.9 Å². The monoisotopic (exact) mass is 469 g/mol. The van der Waals surface area contributed by atoms with Gasteiger partial charge in [-0.25, -0.2) is 23.1 Å². The van der Waals surface area contributed by atoms with Gasteiger partial charge in [0.05, 0.1) is 19.9 Å². The Balaban J connectivity index is 1.85. The number of H-pyrrole nitrogens is 1. The van der Waals surface area contributed by atoms with Gasteiger partial charge in [0.2, 0.25) is 0 Å². The average molecular weight is 469 g/mol. The molecule has 1 heterocycles. The highest BCUT2D eigenvalue weighted by molar-refractivity contribution is 7.91. The lowest BCUT2D eigenvalue weighted by molar-refractivity contribution is -0.143. The van der Waals surface area contributed by atoms with E-state index < -0.39 is 40.5 Å². The summed E-state index contributed by atoms with van der Waals surface area (Å²) in [5, 5.41) is 0.409. The van der Waals surface area contributed by atoms with E-state index in [2.05, 4.69) is 19.2 Å². The minimum Gasteiger partial charge on any atom is -0.495 e. The van der Waals surface area contributed by atoms with Gasteiger partial charge in [0.25, 0.3) is 0 Å². The van der Waals surface area contributed by atoms with E-state index in [4.69, 9.17) is 4.74 Å². The predicted octanol–water partition coefficient (Wildman–Crippen LogP) is 2.68. The van der Waals surface area contributed by atoms with Crippen LogP contribution in [-0.4, -0.2) is 46.3 Å². The molecule has 0 aliphatic heterocycles. The number of aromatic amines is 1. The number of halogens is 2. The van der Waals surface area contributed by atoms with Crippen LogP contribution < -0.4 is 14.2 Å². The van der Waals surface area contributed by atoms with Crippen LogP contribution in [0.4, 0.5) is 19.3 Å². The largest absolute Gasteiger partial charge is 0.495 e. The first kappa shape index (κ1) is 22.8. The van der Waals surface area contributed by atoms with E-state index >= 15 is 0 Å². The number of carbonyl (C=O) groups excluding carboxylic acids is 2. The molecule has 0 atom stereocenters. The minimum atomic E-state index is -4.47. The highest BCUT2D eigenvalue weighted by atomic mass is 32.2. The smallest absolute Gasteiger partial charge is 0.422 e. The summed E-state index contributed by atoms with van der Waals surface area (Å²) in [6, 6.07) is 8.02. The summed E-state index contributed by atoms with van der Waals surface area (Å²) < 4.78 is 69.0. The topological polar surface area (TPSA) is 136 Å². The van der Waals surface area contributed by atoms with Crippen molar-refractivity contribution in [1.82, 2.24) is 9.71 Å². The molecule has 3 aromatic rings. The molecule has 170 valence electrons. The van der Waals surface area contributed by atoms with Crippen molar-refractivity contribution in [3.63, 3.8) is 0 Å². The number of methoxy groups -OCH3 is 2. The van der Waals surface area contributed by atoms with Gasteiger partial charge in [-0.2, -0.15) is 8.42 Å². The molecule has 0 radical (unpaired) electrons. The van der Waals surface area contributed by atoms with Crippen LogP contribution in [0.3, 0.4) is 0 Å². The predicted molar refractivity (Wildman–Crippen MR) is 109 cm³/mol. The van der Waals surface area contributed by atoms with Crippen molar-refractivity contribution in [3.05, 3.63) is 48.0 Å². The second kappa shape index (κ2) is 9.09. The summed E-state index contributed by atoms with van der Waals surface area (Å²) in [6.45, 7) is -0.780. The zero-order chi connectivity index (χ0) is 23.5. The standard InChI is InChI=1S/C19H17F2N3O7S/c1-29-17-4-3-10(14-7-11-5-12(20)13(21)8-15(11)22-14)6-16(17)23-32(27,28)24-19(26)31-9-18(25)30-2/h3-8,22-23H,9H2,1-2H3,(H,24,26). The maximum absolute atomic E-state index is 13.5. The molecule has 0 saturated carbocycles. The fraction of sp³-hybridized carbons (Fsp3) is 0.158. The molecule has 0 fully saturated rings. The molecule has 0 spiro atoms. The Labute approximate surface area is 180 Å². The van der Waals surface area contributed by atoms with Gasteiger partial charge < -0.3 is 19.2 Å². The molecule has 10 nitrogen and oxygen atoms in total. The minimum absolute atomic E-state index is 0.0470. The van der Waals surface area contributed by atoms with Crippen LogP contribution in [0.1, 0.15) is 0 Å². The summed E-state index contributed by atoms with van der Waals surface area (Å²) in [5.41, 5.74) is 1.19. The normalized spacial score (nSPS) is 11.1. The van der Waals surface area contributed by atoms with E-state index in [9.17, 15) is 26.8 Å². The van der Waals surface area contributed by atoms with E-state index in [-0.39, 0.29) is 11.4 Å². The van der Waals surface area contributed by atoms with Crippen LogP contribution in [0.15, 0.2) is 36.4 Å². The molecule has 2 aromatic carbocycles. The van der Waals surface area contributed by atoms with Gasteiger partial charge in [0.1, 0.15) is 5.75 Å². The second-order valence-corrected chi connectivity index (χ2v) is 7.73. The van der Waals surface area contributed by atoms with E-state index in [0.717, 1.165) is 19.2 Å². The average Bonchev–Trinajstić information content (AvgIpc) is 3.14. The number of esters is 1. The summed E-state index contributed by atoms with van der Waals surface area (Å²) >= 11 is 0. The maximum Gasteiger partial charge on any atom is 0.422 e. The molecule has 0 unspecified atom stereocenters. The molecule has 0 aliphatic rings. The molecule has 32 heavy (non-hydrogen) atoms. The molecule has 3 rings (SSSR count). The van der Waals surface area contributed by atoms with Gasteiger partial charge in [-0.05, 0) is 30.3 Å². The van der Waals surface area contributed by atoms with Crippen LogP contribution in [0, 0.1) is 11.6 Å². The number of amides is 1. The van der Waals surface area contributed by atoms with Crippen molar-refractivity contribution >= 4 is 38.9 Å². The fourth-order valence-electron chi connectivity index (χ4n) is 2.73. The van der Waals surface area contributed by atoms with Crippen molar-refractivity contribution < 1.29 is 41.0 Å². The molecule has 13 heteroatoms. The van der Waals surface area contributed by atoms with Crippen LogP contribution in [0.25, 0.3) is 22.2 Å². The SMILES string of the molecule is COC(=O)COC(=O)NS(=O)(=O)Nc1cc(-c2cc3cc(F)c(F)cc3[nH]2)ccc1OC. The van der Waals surface area contributed by atoms with Gasteiger partial charge in [0, 0.05) is 28.2 Å². The lowest BCUT2D eigenvalue weighted by atomic mass is 10.1. The first-order chi connectivity index (χ1) is 15.1. The Morgan fingerprint density at radius 2 is 1.78 bits per heavy atom. The summed E-state index contributed by atoms with van der Waals surface area (Å²) in [6.07, 6.45) is -1.40. The van der Waals surface area contributed by atoms with Crippen molar-refractivity contribution in [3.8, 4) is 17.0 Å². The van der Waals surface area contributed by atoms with Crippen LogP contribution in [0.5, 0.6) is 5.75 Å². The van der Waals surface area contributed by atoms with Gasteiger partial charge in [-0.1, -0.05) is 0 Å². The summed E-state index contributed by atoms with van der Waals surface area (Å²) in [5.74, 6) is -2.77. The molecule has 0 aliphatic carbocycles. The highest BCUT2D eigenvalue weighted by Gasteiger charge is 2.19. The first-order valence-electron chi connectivity index (χ1n) is 8.82. The lowest BCUT2D eigenvalue weighted by Gasteiger charge is -2.13. The molecular weight excluding hydrogens is 452 g/mol. The molecule has 0 bridgehead atoms. The maximum atomic E-state index is 13.5. The zero-order valence-electron chi connectivity index (χ0n) is 16.7. The number of aromatic nitrogens is 1. The Kier molecular flexibility index (Phi) is 6.48. The van der Waals surface area contributed by atoms with Gasteiger partial charge in [0.15, 0.2) is 18.2 Å². The number of hydrogen-bond donors (Lipinski definition) is 3. The molecular formula is C19H17F2N3O7S. The van der Waals surface area contributed by atoms with Crippen LogP contribution >= 0.6 is 0 Å². The molecule has 1 aromatic heterocycles. The number of hydrogen-bond acceptors (Lipinski definition) is 7. The Morgan fingerprint density at radius 1 is 1.06 bits per heavy atom. The number of carbonyl (C=O) groups is 2. The Bertz CT molecular complexity index is 1250. The van der Waals surface area contributed by atoms with Crippen molar-refractivity contribution in [1.29, 1.82) is 0 Å². The second-order valence-electron chi connectivity index (χ2n) is 6.31. The number of fused-ring (bicyclic) bond motifs is 1. The third-order valence-electron chi connectivity index (χ3n) is 4.18. The lowest BCUT2D eigenvalue weighted by Crippen LogP contribution is -2.36. The summed E-state index contributed by atoms with van der Waals surface area (Å²) in [4.78, 5) is 25.5. The molecule has 1 amide bonds. The van der Waals surface area contributed by atoms with Crippen LogP contribution in [-0.2, 0) is 24.5 Å². The van der Waals surface area contributed by atoms with E-state index in [1.807, 2.05) is 0 Å². The molecule has 0 saturated heterocycles. The number of nitrogens with one attached hydrogen (secondary N) is 3. The number of anilines is 1. The third-order valence-corrected chi connectivity index (χ3v) is 5.11. The third kappa shape index (κ3) is 5.24. The highest BCUT2D eigenvalue weighted by Crippen LogP contribution is 2.32. The van der Waals surface area contributed by atoms with E-state index in [0.29, 0.717) is 22.2 Å².